The third-order valence-corrected chi connectivity index (χ3v) is 4.57. The van der Waals surface area contributed by atoms with Crippen molar-refractivity contribution in [2.24, 2.45) is 11.1 Å². The van der Waals surface area contributed by atoms with Gasteiger partial charge in [0.2, 0.25) is 10.0 Å². The van der Waals surface area contributed by atoms with E-state index in [1.165, 1.54) is 24.6 Å². The molecule has 3 N–H and O–H groups in total. The summed E-state index contributed by atoms with van der Waals surface area (Å²) in [5.74, 6) is 0.442. The number of primary sulfonamides is 1. The van der Waals surface area contributed by atoms with Crippen molar-refractivity contribution in [3.05, 3.63) is 36.4 Å². The van der Waals surface area contributed by atoms with E-state index in [0.717, 1.165) is 12.8 Å². The summed E-state index contributed by atoms with van der Waals surface area (Å²) in [5.41, 5.74) is 0.160. The quantitative estimate of drug-likeness (QED) is 0.741. The van der Waals surface area contributed by atoms with Crippen LogP contribution in [0.5, 0.6) is 5.75 Å². The lowest BCUT2D eigenvalue weighted by Gasteiger charge is -2.25. The number of amides is 1. The lowest BCUT2D eigenvalue weighted by molar-refractivity contribution is 0.0935. The molecule has 0 spiro atoms. The SMILES string of the molecule is C=CCOc1ccc(S(N)(=O)=O)cc1C(=O)NCC1CCC1. The molecule has 1 aromatic carbocycles. The average Bonchev–Trinajstić information content (AvgIpc) is 2.42. The van der Waals surface area contributed by atoms with Gasteiger partial charge in [0, 0.05) is 6.54 Å². The summed E-state index contributed by atoms with van der Waals surface area (Å²) in [7, 11) is -3.88. The van der Waals surface area contributed by atoms with E-state index in [2.05, 4.69) is 11.9 Å². The van der Waals surface area contributed by atoms with E-state index in [-0.39, 0.29) is 23.0 Å². The van der Waals surface area contributed by atoms with Crippen LogP contribution >= 0.6 is 0 Å². The van der Waals surface area contributed by atoms with Gasteiger partial charge in [0.1, 0.15) is 12.4 Å². The predicted molar refractivity (Wildman–Crippen MR) is 83.2 cm³/mol. The van der Waals surface area contributed by atoms with E-state index in [4.69, 9.17) is 9.88 Å². The van der Waals surface area contributed by atoms with Gasteiger partial charge in [-0.1, -0.05) is 19.1 Å². The zero-order valence-electron chi connectivity index (χ0n) is 12.2. The van der Waals surface area contributed by atoms with Crippen molar-refractivity contribution in [2.45, 2.75) is 24.2 Å². The Balaban J connectivity index is 2.22. The molecule has 0 unspecified atom stereocenters. The molecule has 120 valence electrons. The molecule has 0 atom stereocenters. The Hall–Kier alpha value is -1.86. The molecule has 1 fully saturated rings. The summed E-state index contributed by atoms with van der Waals surface area (Å²) in [5, 5.41) is 7.93. The fourth-order valence-electron chi connectivity index (χ4n) is 2.17. The van der Waals surface area contributed by atoms with E-state index in [9.17, 15) is 13.2 Å². The molecule has 1 aliphatic rings. The van der Waals surface area contributed by atoms with Crippen LogP contribution in [0, 0.1) is 5.92 Å². The fraction of sp³-hybridized carbons (Fsp3) is 0.400. The molecular weight excluding hydrogens is 304 g/mol. The van der Waals surface area contributed by atoms with Gasteiger partial charge in [-0.25, -0.2) is 13.6 Å². The van der Waals surface area contributed by atoms with Crippen molar-refractivity contribution >= 4 is 15.9 Å². The Labute approximate surface area is 130 Å². The van der Waals surface area contributed by atoms with E-state index < -0.39 is 10.0 Å². The zero-order chi connectivity index (χ0) is 16.2. The number of nitrogens with two attached hydrogens (primary N) is 1. The molecule has 0 heterocycles. The van der Waals surface area contributed by atoms with Crippen LogP contribution in [-0.4, -0.2) is 27.5 Å². The van der Waals surface area contributed by atoms with Gasteiger partial charge in [-0.05, 0) is 37.0 Å². The maximum Gasteiger partial charge on any atom is 0.255 e. The first-order valence-electron chi connectivity index (χ1n) is 7.10. The Kier molecular flexibility index (Phi) is 5.20. The number of carbonyl (C=O) groups excluding carboxylic acids is 1. The zero-order valence-corrected chi connectivity index (χ0v) is 13.1. The van der Waals surface area contributed by atoms with E-state index in [0.29, 0.717) is 18.2 Å². The van der Waals surface area contributed by atoms with Gasteiger partial charge in [-0.15, -0.1) is 0 Å². The van der Waals surface area contributed by atoms with Crippen molar-refractivity contribution in [3.63, 3.8) is 0 Å². The minimum Gasteiger partial charge on any atom is -0.489 e. The predicted octanol–water partition coefficient (Wildman–Crippen LogP) is 1.43. The number of hydrogen-bond acceptors (Lipinski definition) is 4. The molecule has 7 heteroatoms. The summed E-state index contributed by atoms with van der Waals surface area (Å²) in [6.45, 7) is 4.35. The van der Waals surface area contributed by atoms with E-state index in [1.807, 2.05) is 0 Å². The number of carbonyl (C=O) groups is 1. The summed E-state index contributed by atoms with van der Waals surface area (Å²) >= 11 is 0. The van der Waals surface area contributed by atoms with Crippen LogP contribution in [0.15, 0.2) is 35.7 Å². The smallest absolute Gasteiger partial charge is 0.255 e. The van der Waals surface area contributed by atoms with Crippen molar-refractivity contribution < 1.29 is 17.9 Å². The molecule has 0 aliphatic heterocycles. The van der Waals surface area contributed by atoms with Gasteiger partial charge in [-0.3, -0.25) is 4.79 Å². The largest absolute Gasteiger partial charge is 0.489 e. The van der Waals surface area contributed by atoms with Gasteiger partial charge in [0.05, 0.1) is 10.5 Å². The first-order valence-corrected chi connectivity index (χ1v) is 8.65. The normalized spacial score (nSPS) is 15.0. The van der Waals surface area contributed by atoms with Gasteiger partial charge in [0.15, 0.2) is 0 Å². The molecule has 0 aromatic heterocycles. The number of rotatable bonds is 7. The summed E-state index contributed by atoms with van der Waals surface area (Å²) in [6.07, 6.45) is 4.95. The Morgan fingerprint density at radius 1 is 1.45 bits per heavy atom. The maximum absolute atomic E-state index is 12.3. The summed E-state index contributed by atoms with van der Waals surface area (Å²) < 4.78 is 28.3. The molecule has 0 radical (unpaired) electrons. The second kappa shape index (κ2) is 6.93. The highest BCUT2D eigenvalue weighted by atomic mass is 32.2. The molecule has 0 bridgehead atoms. The van der Waals surface area contributed by atoms with Gasteiger partial charge in [-0.2, -0.15) is 0 Å². The number of benzene rings is 1. The Morgan fingerprint density at radius 2 is 2.18 bits per heavy atom. The minimum atomic E-state index is -3.88. The van der Waals surface area contributed by atoms with Gasteiger partial charge in [0.25, 0.3) is 5.91 Å². The highest BCUT2D eigenvalue weighted by Crippen LogP contribution is 2.26. The molecule has 22 heavy (non-hydrogen) atoms. The molecular formula is C15H20N2O4S. The monoisotopic (exact) mass is 324 g/mol. The lowest BCUT2D eigenvalue weighted by atomic mass is 9.85. The lowest BCUT2D eigenvalue weighted by Crippen LogP contribution is -2.32. The van der Waals surface area contributed by atoms with Crippen LogP contribution in [0.25, 0.3) is 0 Å². The van der Waals surface area contributed by atoms with Gasteiger partial charge >= 0.3 is 0 Å². The van der Waals surface area contributed by atoms with Crippen LogP contribution in [0.1, 0.15) is 29.6 Å². The van der Waals surface area contributed by atoms with Crippen LogP contribution < -0.4 is 15.2 Å². The first kappa shape index (κ1) is 16.5. The standard InChI is InChI=1S/C15H20N2O4S/c1-2-8-21-14-7-6-12(22(16,19)20)9-13(14)15(18)17-10-11-4-3-5-11/h2,6-7,9,11H,1,3-5,8,10H2,(H,17,18)(H2,16,19,20). The first-order chi connectivity index (χ1) is 10.4. The molecule has 2 rings (SSSR count). The number of hydrogen-bond donors (Lipinski definition) is 2. The van der Waals surface area contributed by atoms with Crippen molar-refractivity contribution in [1.82, 2.24) is 5.32 Å². The van der Waals surface area contributed by atoms with Crippen molar-refractivity contribution in [1.29, 1.82) is 0 Å². The van der Waals surface area contributed by atoms with Crippen LogP contribution in [-0.2, 0) is 10.0 Å². The van der Waals surface area contributed by atoms with E-state index >= 15 is 0 Å². The topological polar surface area (TPSA) is 98.5 Å². The molecule has 1 amide bonds. The molecule has 1 aliphatic carbocycles. The highest BCUT2D eigenvalue weighted by molar-refractivity contribution is 7.89. The molecule has 6 nitrogen and oxygen atoms in total. The fourth-order valence-corrected chi connectivity index (χ4v) is 2.71. The van der Waals surface area contributed by atoms with Crippen LogP contribution in [0.3, 0.4) is 0 Å². The summed E-state index contributed by atoms with van der Waals surface area (Å²) in [6, 6.07) is 3.99. The second-order valence-electron chi connectivity index (χ2n) is 5.31. The summed E-state index contributed by atoms with van der Waals surface area (Å²) in [4.78, 5) is 12.2. The second-order valence-corrected chi connectivity index (χ2v) is 6.87. The maximum atomic E-state index is 12.3. The van der Waals surface area contributed by atoms with Crippen molar-refractivity contribution in [2.75, 3.05) is 13.2 Å². The Morgan fingerprint density at radius 3 is 2.73 bits per heavy atom. The number of sulfonamides is 1. The average molecular weight is 324 g/mol. The minimum absolute atomic E-state index is 0.118. The van der Waals surface area contributed by atoms with Crippen LogP contribution in [0.2, 0.25) is 0 Å². The molecule has 1 saturated carbocycles. The van der Waals surface area contributed by atoms with Crippen LogP contribution in [0.4, 0.5) is 0 Å². The van der Waals surface area contributed by atoms with Crippen molar-refractivity contribution in [3.8, 4) is 5.75 Å². The number of ether oxygens (including phenoxy) is 1. The van der Waals surface area contributed by atoms with E-state index in [1.54, 1.807) is 6.08 Å². The molecule has 1 aromatic rings. The third-order valence-electron chi connectivity index (χ3n) is 3.66. The third kappa shape index (κ3) is 4.08. The Bertz CT molecular complexity index is 666. The molecule has 0 saturated heterocycles. The highest BCUT2D eigenvalue weighted by Gasteiger charge is 2.21. The van der Waals surface area contributed by atoms with Gasteiger partial charge < -0.3 is 10.1 Å². The number of nitrogens with one attached hydrogen (secondary N) is 1.